The highest BCUT2D eigenvalue weighted by Gasteiger charge is 2.06. The van der Waals surface area contributed by atoms with Crippen LogP contribution in [0.15, 0.2) is 36.5 Å². The highest BCUT2D eigenvalue weighted by atomic mass is 19.1. The lowest BCUT2D eigenvalue weighted by molar-refractivity contribution is 0.296. The molecule has 0 radical (unpaired) electrons. The second-order valence-corrected chi connectivity index (χ2v) is 4.40. The Hall–Kier alpha value is -2.63. The molecule has 0 aliphatic heterocycles. The number of hydrogen-bond donors (Lipinski definition) is 1. The van der Waals surface area contributed by atoms with E-state index in [2.05, 4.69) is 15.0 Å². The van der Waals surface area contributed by atoms with Crippen molar-refractivity contribution in [1.29, 1.82) is 0 Å². The predicted octanol–water partition coefficient (Wildman–Crippen LogP) is 3.07. The van der Waals surface area contributed by atoms with Crippen molar-refractivity contribution >= 4 is 11.2 Å². The van der Waals surface area contributed by atoms with Gasteiger partial charge in [-0.2, -0.15) is 0 Å². The van der Waals surface area contributed by atoms with Crippen LogP contribution in [-0.4, -0.2) is 21.6 Å². The summed E-state index contributed by atoms with van der Waals surface area (Å²) in [5.74, 6) is 1.70. The highest BCUT2D eigenvalue weighted by Crippen LogP contribution is 2.18. The number of nitrogens with one attached hydrogen (secondary N) is 1. The number of ether oxygens (including phenoxy) is 2. The number of H-pyrrole nitrogens is 1. The fraction of sp³-hybridized carbons (Fsp3) is 0.200. The van der Waals surface area contributed by atoms with E-state index in [1.54, 1.807) is 0 Å². The van der Waals surface area contributed by atoms with Crippen LogP contribution in [0.3, 0.4) is 0 Å². The molecule has 2 aromatic heterocycles. The average Bonchev–Trinajstić information content (AvgIpc) is 2.89. The molecule has 0 amide bonds. The summed E-state index contributed by atoms with van der Waals surface area (Å²) in [5.41, 5.74) is 1.03. The third-order valence-corrected chi connectivity index (χ3v) is 2.86. The van der Waals surface area contributed by atoms with Gasteiger partial charge in [0, 0.05) is 6.07 Å². The van der Waals surface area contributed by atoms with E-state index in [4.69, 9.17) is 9.47 Å². The number of aromatic nitrogens is 3. The highest BCUT2D eigenvalue weighted by molar-refractivity contribution is 5.70. The maximum Gasteiger partial charge on any atom is 0.178 e. The van der Waals surface area contributed by atoms with Gasteiger partial charge in [-0.25, -0.2) is 14.4 Å². The molecule has 108 valence electrons. The molecular weight excluding hydrogens is 273 g/mol. The van der Waals surface area contributed by atoms with E-state index in [-0.39, 0.29) is 6.61 Å². The van der Waals surface area contributed by atoms with Gasteiger partial charge in [-0.1, -0.05) is 0 Å². The Balaban J connectivity index is 1.68. The molecular formula is C15H14FN3O2. The molecule has 3 rings (SSSR count). The van der Waals surface area contributed by atoms with Crippen LogP contribution in [0.5, 0.6) is 11.5 Å². The Kier molecular flexibility index (Phi) is 3.68. The number of fused-ring (bicyclic) bond motifs is 1. The lowest BCUT2D eigenvalue weighted by Gasteiger charge is -2.06. The first kappa shape index (κ1) is 13.4. The number of aromatic amines is 1. The van der Waals surface area contributed by atoms with Crippen LogP contribution < -0.4 is 9.47 Å². The number of imidazole rings is 1. The van der Waals surface area contributed by atoms with Gasteiger partial charge >= 0.3 is 0 Å². The van der Waals surface area contributed by atoms with E-state index in [1.807, 2.05) is 31.2 Å². The lowest BCUT2D eigenvalue weighted by Crippen LogP contribution is -1.97. The Morgan fingerprint density at radius 3 is 2.57 bits per heavy atom. The zero-order chi connectivity index (χ0) is 14.7. The maximum atomic E-state index is 13.0. The van der Waals surface area contributed by atoms with E-state index in [9.17, 15) is 4.39 Å². The van der Waals surface area contributed by atoms with Crippen molar-refractivity contribution in [2.75, 3.05) is 6.61 Å². The predicted molar refractivity (Wildman–Crippen MR) is 75.8 cm³/mol. The lowest BCUT2D eigenvalue weighted by atomic mass is 10.3. The largest absolute Gasteiger partial charge is 0.494 e. The summed E-state index contributed by atoms with van der Waals surface area (Å²) >= 11 is 0. The third-order valence-electron chi connectivity index (χ3n) is 2.86. The van der Waals surface area contributed by atoms with Crippen LogP contribution >= 0.6 is 0 Å². The molecule has 0 atom stereocenters. The molecule has 0 bridgehead atoms. The van der Waals surface area contributed by atoms with Gasteiger partial charge in [-0.05, 0) is 31.2 Å². The van der Waals surface area contributed by atoms with Crippen LogP contribution in [0.4, 0.5) is 4.39 Å². The molecule has 2 heterocycles. The molecule has 0 aliphatic rings. The van der Waals surface area contributed by atoms with Gasteiger partial charge in [0.15, 0.2) is 5.65 Å². The van der Waals surface area contributed by atoms with Gasteiger partial charge in [0.1, 0.15) is 29.7 Å². The zero-order valence-corrected chi connectivity index (χ0v) is 11.5. The number of halogens is 1. The first-order chi connectivity index (χ1) is 10.2. The molecule has 0 spiro atoms. The molecule has 0 aliphatic carbocycles. The van der Waals surface area contributed by atoms with E-state index in [0.29, 0.717) is 29.3 Å². The van der Waals surface area contributed by atoms with Crippen molar-refractivity contribution in [3.63, 3.8) is 0 Å². The van der Waals surface area contributed by atoms with Crippen molar-refractivity contribution in [2.45, 2.75) is 13.5 Å². The second-order valence-electron chi connectivity index (χ2n) is 4.40. The van der Waals surface area contributed by atoms with E-state index in [0.717, 1.165) is 11.9 Å². The number of hydrogen-bond acceptors (Lipinski definition) is 4. The van der Waals surface area contributed by atoms with Crippen molar-refractivity contribution < 1.29 is 13.9 Å². The minimum atomic E-state index is -0.398. The van der Waals surface area contributed by atoms with Crippen LogP contribution in [-0.2, 0) is 6.61 Å². The zero-order valence-electron chi connectivity index (χ0n) is 11.5. The van der Waals surface area contributed by atoms with Crippen molar-refractivity contribution in [2.24, 2.45) is 0 Å². The molecule has 5 nitrogen and oxygen atoms in total. The Morgan fingerprint density at radius 1 is 1.14 bits per heavy atom. The van der Waals surface area contributed by atoms with E-state index in [1.165, 1.54) is 6.07 Å². The monoisotopic (exact) mass is 287 g/mol. The summed E-state index contributed by atoms with van der Waals surface area (Å²) in [6.07, 6.45) is 1.14. The van der Waals surface area contributed by atoms with Gasteiger partial charge in [0.05, 0.1) is 18.3 Å². The van der Waals surface area contributed by atoms with Gasteiger partial charge < -0.3 is 14.5 Å². The normalized spacial score (nSPS) is 10.8. The minimum Gasteiger partial charge on any atom is -0.494 e. The number of rotatable bonds is 5. The molecule has 0 saturated heterocycles. The molecule has 0 fully saturated rings. The minimum absolute atomic E-state index is 0.256. The Labute approximate surface area is 120 Å². The quantitative estimate of drug-likeness (QED) is 0.783. The molecule has 0 saturated carbocycles. The summed E-state index contributed by atoms with van der Waals surface area (Å²) in [5, 5.41) is 0. The van der Waals surface area contributed by atoms with Crippen molar-refractivity contribution in [1.82, 2.24) is 15.0 Å². The van der Waals surface area contributed by atoms with Crippen LogP contribution in [0.25, 0.3) is 11.2 Å². The summed E-state index contributed by atoms with van der Waals surface area (Å²) in [6.45, 7) is 2.82. The number of benzene rings is 1. The topological polar surface area (TPSA) is 60.0 Å². The summed E-state index contributed by atoms with van der Waals surface area (Å²) in [7, 11) is 0. The summed E-state index contributed by atoms with van der Waals surface area (Å²) < 4.78 is 24.0. The molecule has 6 heteroatoms. The molecule has 0 unspecified atom stereocenters. The number of pyridine rings is 1. The van der Waals surface area contributed by atoms with Gasteiger partial charge in [0.25, 0.3) is 0 Å². The Bertz CT molecular complexity index is 740. The molecule has 3 aromatic rings. The van der Waals surface area contributed by atoms with Crippen LogP contribution in [0.1, 0.15) is 12.7 Å². The van der Waals surface area contributed by atoms with E-state index >= 15 is 0 Å². The average molecular weight is 287 g/mol. The first-order valence-corrected chi connectivity index (χ1v) is 6.60. The summed E-state index contributed by atoms with van der Waals surface area (Å²) in [4.78, 5) is 11.1. The van der Waals surface area contributed by atoms with Crippen LogP contribution in [0, 0.1) is 5.82 Å². The second kappa shape index (κ2) is 5.78. The summed E-state index contributed by atoms with van der Waals surface area (Å²) in [6, 6.07) is 8.69. The fourth-order valence-electron chi connectivity index (χ4n) is 1.94. The van der Waals surface area contributed by atoms with Gasteiger partial charge in [-0.3, -0.25) is 0 Å². The molecule has 1 aromatic carbocycles. The first-order valence-electron chi connectivity index (χ1n) is 6.60. The SMILES string of the molecule is CCOc1ccc(OCc2nc3ncc(F)cc3[nH]2)cc1. The molecule has 1 N–H and O–H groups in total. The van der Waals surface area contributed by atoms with Gasteiger partial charge in [-0.15, -0.1) is 0 Å². The van der Waals surface area contributed by atoms with Crippen LogP contribution in [0.2, 0.25) is 0 Å². The van der Waals surface area contributed by atoms with Crippen molar-refractivity contribution in [3.8, 4) is 11.5 Å². The van der Waals surface area contributed by atoms with Crippen molar-refractivity contribution in [3.05, 3.63) is 48.2 Å². The standard InChI is InChI=1S/C15H14FN3O2/c1-2-20-11-3-5-12(6-4-11)21-9-14-18-13-7-10(16)8-17-15(13)19-14/h3-8H,2,9H2,1H3,(H,17,18,19). The smallest absolute Gasteiger partial charge is 0.178 e. The Morgan fingerprint density at radius 2 is 1.86 bits per heavy atom. The maximum absolute atomic E-state index is 13.0. The molecule has 21 heavy (non-hydrogen) atoms. The van der Waals surface area contributed by atoms with E-state index < -0.39 is 5.82 Å². The fourth-order valence-corrected chi connectivity index (χ4v) is 1.94. The van der Waals surface area contributed by atoms with Gasteiger partial charge in [0.2, 0.25) is 0 Å². The number of nitrogens with zero attached hydrogens (tertiary/aromatic N) is 2. The third kappa shape index (κ3) is 3.10.